The second-order valence-corrected chi connectivity index (χ2v) is 4.07. The van der Waals surface area contributed by atoms with Crippen LogP contribution in [0.5, 0.6) is 5.75 Å². The number of rotatable bonds is 4. The Balaban J connectivity index is 2.96. The Labute approximate surface area is 98.8 Å². The first-order chi connectivity index (χ1) is 7.84. The topological polar surface area (TPSA) is 21.3 Å². The molecule has 0 spiro atoms. The second kappa shape index (κ2) is 5.40. The molecule has 0 fully saturated rings. The number of hydrogen-bond donors (Lipinski definition) is 1. The van der Waals surface area contributed by atoms with Crippen LogP contribution in [-0.2, 0) is 0 Å². The summed E-state index contributed by atoms with van der Waals surface area (Å²) in [6.07, 6.45) is -4.31. The fraction of sp³-hybridized carbons (Fsp3) is 0.500. The Bertz CT molecular complexity index is 346. The van der Waals surface area contributed by atoms with E-state index < -0.39 is 12.2 Å². The lowest BCUT2D eigenvalue weighted by molar-refractivity contribution is -0.159. The Morgan fingerprint density at radius 1 is 1.12 bits per heavy atom. The number of ether oxygens (including phenoxy) is 1. The van der Waals surface area contributed by atoms with Gasteiger partial charge in [-0.1, -0.05) is 26.0 Å². The summed E-state index contributed by atoms with van der Waals surface area (Å²) in [6.45, 7) is 3.37. The average Bonchev–Trinajstić information content (AvgIpc) is 2.24. The zero-order chi connectivity index (χ0) is 13.1. The summed E-state index contributed by atoms with van der Waals surface area (Å²) in [6, 6.07) is 4.00. The van der Waals surface area contributed by atoms with Crippen LogP contribution >= 0.6 is 0 Å². The molecule has 0 aliphatic carbocycles. The van der Waals surface area contributed by atoms with Gasteiger partial charge in [-0.2, -0.15) is 13.2 Å². The molecule has 17 heavy (non-hydrogen) atoms. The maximum absolute atomic E-state index is 12.9. The Morgan fingerprint density at radius 3 is 2.00 bits per heavy atom. The van der Waals surface area contributed by atoms with Gasteiger partial charge in [0, 0.05) is 6.04 Å². The van der Waals surface area contributed by atoms with E-state index in [1.54, 1.807) is 13.8 Å². The minimum atomic E-state index is -4.31. The summed E-state index contributed by atoms with van der Waals surface area (Å²) in [5, 5.41) is 2.51. The zero-order valence-electron chi connectivity index (χ0n) is 10.0. The van der Waals surface area contributed by atoms with E-state index in [-0.39, 0.29) is 11.6 Å². The van der Waals surface area contributed by atoms with Crippen LogP contribution in [-0.4, -0.2) is 19.3 Å². The highest BCUT2D eigenvalue weighted by atomic mass is 19.4. The van der Waals surface area contributed by atoms with Crippen LogP contribution in [0.4, 0.5) is 13.2 Å². The first kappa shape index (κ1) is 13.8. The molecule has 1 atom stereocenters. The molecule has 0 saturated carbocycles. The SMILES string of the molecule is COc1ccc(C(NC(C)C)C(F)(F)F)cc1. The summed E-state index contributed by atoms with van der Waals surface area (Å²) >= 11 is 0. The van der Waals surface area contributed by atoms with Crippen LogP contribution in [0.2, 0.25) is 0 Å². The first-order valence-corrected chi connectivity index (χ1v) is 5.31. The van der Waals surface area contributed by atoms with Crippen molar-refractivity contribution in [3.8, 4) is 5.75 Å². The third kappa shape index (κ3) is 3.93. The summed E-state index contributed by atoms with van der Waals surface area (Å²) in [5.74, 6) is 0.541. The van der Waals surface area contributed by atoms with E-state index in [9.17, 15) is 13.2 Å². The van der Waals surface area contributed by atoms with E-state index >= 15 is 0 Å². The van der Waals surface area contributed by atoms with Crippen molar-refractivity contribution in [1.29, 1.82) is 0 Å². The normalized spacial score (nSPS) is 13.8. The molecule has 0 radical (unpaired) electrons. The first-order valence-electron chi connectivity index (χ1n) is 5.31. The number of benzene rings is 1. The van der Waals surface area contributed by atoms with Crippen LogP contribution in [0, 0.1) is 0 Å². The van der Waals surface area contributed by atoms with Crippen LogP contribution in [0.15, 0.2) is 24.3 Å². The summed E-state index contributed by atoms with van der Waals surface area (Å²) in [4.78, 5) is 0. The van der Waals surface area contributed by atoms with Gasteiger partial charge in [0.15, 0.2) is 0 Å². The standard InChI is InChI=1S/C12H16F3NO/c1-8(2)16-11(12(13,14)15)9-4-6-10(17-3)7-5-9/h4-8,11,16H,1-3H3. The Morgan fingerprint density at radius 2 is 1.65 bits per heavy atom. The van der Waals surface area contributed by atoms with Crippen molar-refractivity contribution >= 4 is 0 Å². The van der Waals surface area contributed by atoms with Gasteiger partial charge in [0.05, 0.1) is 7.11 Å². The predicted molar refractivity (Wildman–Crippen MR) is 60.1 cm³/mol. The molecule has 1 rings (SSSR count). The van der Waals surface area contributed by atoms with E-state index in [0.717, 1.165) is 0 Å². The molecule has 0 bridgehead atoms. The average molecular weight is 247 g/mol. The smallest absolute Gasteiger partial charge is 0.407 e. The van der Waals surface area contributed by atoms with E-state index in [2.05, 4.69) is 5.32 Å². The van der Waals surface area contributed by atoms with Crippen molar-refractivity contribution in [1.82, 2.24) is 5.32 Å². The molecule has 1 aromatic rings. The number of halogens is 3. The largest absolute Gasteiger partial charge is 0.497 e. The van der Waals surface area contributed by atoms with Crippen LogP contribution in [0.3, 0.4) is 0 Å². The van der Waals surface area contributed by atoms with E-state index in [1.165, 1.54) is 31.4 Å². The molecule has 1 unspecified atom stereocenters. The van der Waals surface area contributed by atoms with Crippen molar-refractivity contribution in [3.05, 3.63) is 29.8 Å². The second-order valence-electron chi connectivity index (χ2n) is 4.07. The lowest BCUT2D eigenvalue weighted by atomic mass is 10.1. The van der Waals surface area contributed by atoms with Crippen LogP contribution < -0.4 is 10.1 Å². The fourth-order valence-electron chi connectivity index (χ4n) is 1.51. The maximum atomic E-state index is 12.9. The molecule has 5 heteroatoms. The van der Waals surface area contributed by atoms with Gasteiger partial charge in [-0.3, -0.25) is 0 Å². The minimum absolute atomic E-state index is 0.187. The molecule has 0 amide bonds. The van der Waals surface area contributed by atoms with Crippen molar-refractivity contribution in [3.63, 3.8) is 0 Å². The van der Waals surface area contributed by atoms with Crippen molar-refractivity contribution in [2.45, 2.75) is 32.1 Å². The lowest BCUT2D eigenvalue weighted by Gasteiger charge is -2.24. The van der Waals surface area contributed by atoms with E-state index in [0.29, 0.717) is 5.75 Å². The van der Waals surface area contributed by atoms with Crippen molar-refractivity contribution < 1.29 is 17.9 Å². The van der Waals surface area contributed by atoms with Crippen molar-refractivity contribution in [2.24, 2.45) is 0 Å². The highest BCUT2D eigenvalue weighted by Crippen LogP contribution is 2.33. The van der Waals surface area contributed by atoms with Gasteiger partial charge >= 0.3 is 6.18 Å². The molecular weight excluding hydrogens is 231 g/mol. The van der Waals surface area contributed by atoms with Crippen molar-refractivity contribution in [2.75, 3.05) is 7.11 Å². The Hall–Kier alpha value is -1.23. The number of nitrogens with one attached hydrogen (secondary N) is 1. The molecule has 2 nitrogen and oxygen atoms in total. The summed E-state index contributed by atoms with van der Waals surface area (Å²) in [5.41, 5.74) is 0.187. The molecule has 0 heterocycles. The zero-order valence-corrected chi connectivity index (χ0v) is 10.0. The van der Waals surface area contributed by atoms with Crippen LogP contribution in [0.25, 0.3) is 0 Å². The van der Waals surface area contributed by atoms with Gasteiger partial charge in [-0.15, -0.1) is 0 Å². The quantitative estimate of drug-likeness (QED) is 0.881. The monoisotopic (exact) mass is 247 g/mol. The molecule has 1 aromatic carbocycles. The molecule has 0 aliphatic heterocycles. The third-order valence-electron chi connectivity index (χ3n) is 2.28. The van der Waals surface area contributed by atoms with Gasteiger partial charge < -0.3 is 10.1 Å². The molecule has 0 saturated heterocycles. The lowest BCUT2D eigenvalue weighted by Crippen LogP contribution is -2.38. The number of alkyl halides is 3. The van der Waals surface area contributed by atoms with E-state index in [1.807, 2.05) is 0 Å². The number of hydrogen-bond acceptors (Lipinski definition) is 2. The van der Waals surface area contributed by atoms with Gasteiger partial charge in [0.2, 0.25) is 0 Å². The van der Waals surface area contributed by atoms with Gasteiger partial charge in [0.25, 0.3) is 0 Å². The highest BCUT2D eigenvalue weighted by molar-refractivity contribution is 5.29. The minimum Gasteiger partial charge on any atom is -0.497 e. The summed E-state index contributed by atoms with van der Waals surface area (Å²) in [7, 11) is 1.47. The predicted octanol–water partition coefficient (Wildman–Crippen LogP) is 3.30. The molecule has 1 N–H and O–H groups in total. The van der Waals surface area contributed by atoms with Crippen LogP contribution in [0.1, 0.15) is 25.5 Å². The fourth-order valence-corrected chi connectivity index (χ4v) is 1.51. The third-order valence-corrected chi connectivity index (χ3v) is 2.28. The maximum Gasteiger partial charge on any atom is 0.407 e. The Kier molecular flexibility index (Phi) is 4.40. The summed E-state index contributed by atoms with van der Waals surface area (Å²) < 4.78 is 43.5. The molecule has 0 aromatic heterocycles. The molecular formula is C12H16F3NO. The van der Waals surface area contributed by atoms with Gasteiger partial charge in [0.1, 0.15) is 11.8 Å². The van der Waals surface area contributed by atoms with Gasteiger partial charge in [-0.25, -0.2) is 0 Å². The molecule has 96 valence electrons. The molecule has 0 aliphatic rings. The number of methoxy groups -OCH3 is 1. The van der Waals surface area contributed by atoms with E-state index in [4.69, 9.17) is 4.74 Å². The van der Waals surface area contributed by atoms with Gasteiger partial charge in [-0.05, 0) is 17.7 Å². The highest BCUT2D eigenvalue weighted by Gasteiger charge is 2.40.